The van der Waals surface area contributed by atoms with Crippen LogP contribution in [0.3, 0.4) is 0 Å². The molecule has 21 heavy (non-hydrogen) atoms. The Hall–Kier alpha value is -1.55. The van der Waals surface area contributed by atoms with E-state index in [4.69, 9.17) is 16.3 Å². The van der Waals surface area contributed by atoms with E-state index in [1.807, 2.05) is 27.7 Å². The average Bonchev–Trinajstić information content (AvgIpc) is 2.36. The molecular weight excluding hydrogens is 292 g/mol. The maximum Gasteiger partial charge on any atom is 0.339 e. The number of carbonyl (C=O) groups excluding carboxylic acids is 1. The van der Waals surface area contributed by atoms with Gasteiger partial charge in [-0.25, -0.2) is 9.59 Å². The summed E-state index contributed by atoms with van der Waals surface area (Å²) in [5.74, 6) is -1.83. The Morgan fingerprint density at radius 1 is 1.29 bits per heavy atom. The third-order valence-electron chi connectivity index (χ3n) is 3.34. The van der Waals surface area contributed by atoms with Crippen molar-refractivity contribution in [3.8, 4) is 0 Å². The molecule has 0 amide bonds. The zero-order valence-corrected chi connectivity index (χ0v) is 13.7. The standard InChI is InChI=1S/C16H21ClO4/c1-6-13(16(3,4)5)21-15(20)11-7-9(2)12(17)8-10(11)14(18)19/h7-8,13H,6H2,1-5H3,(H,18,19). The fourth-order valence-electron chi connectivity index (χ4n) is 2.09. The lowest BCUT2D eigenvalue weighted by atomic mass is 9.87. The van der Waals surface area contributed by atoms with Crippen LogP contribution in [0.15, 0.2) is 12.1 Å². The van der Waals surface area contributed by atoms with Gasteiger partial charge in [0, 0.05) is 5.02 Å². The number of aromatic carboxylic acids is 1. The second-order valence-corrected chi connectivity index (χ2v) is 6.53. The maximum absolute atomic E-state index is 12.3. The minimum atomic E-state index is -1.20. The van der Waals surface area contributed by atoms with Gasteiger partial charge in [0.15, 0.2) is 0 Å². The van der Waals surface area contributed by atoms with E-state index in [-0.39, 0.29) is 22.6 Å². The minimum absolute atomic E-state index is 0.0344. The van der Waals surface area contributed by atoms with Gasteiger partial charge in [0.2, 0.25) is 0 Å². The number of hydrogen-bond donors (Lipinski definition) is 1. The summed E-state index contributed by atoms with van der Waals surface area (Å²) in [5, 5.41) is 9.53. The molecule has 1 N–H and O–H groups in total. The molecule has 0 aromatic heterocycles. The lowest BCUT2D eigenvalue weighted by molar-refractivity contribution is -0.00428. The van der Waals surface area contributed by atoms with Gasteiger partial charge < -0.3 is 9.84 Å². The molecule has 0 radical (unpaired) electrons. The smallest absolute Gasteiger partial charge is 0.339 e. The molecule has 4 nitrogen and oxygen atoms in total. The topological polar surface area (TPSA) is 63.6 Å². The highest BCUT2D eigenvalue weighted by Gasteiger charge is 2.29. The molecule has 5 heteroatoms. The Labute approximate surface area is 130 Å². The van der Waals surface area contributed by atoms with Gasteiger partial charge in [-0.2, -0.15) is 0 Å². The van der Waals surface area contributed by atoms with E-state index in [1.54, 1.807) is 6.92 Å². The molecule has 1 aromatic carbocycles. The van der Waals surface area contributed by atoms with Crippen molar-refractivity contribution in [2.24, 2.45) is 5.41 Å². The number of rotatable bonds is 4. The van der Waals surface area contributed by atoms with Crippen LogP contribution in [0.25, 0.3) is 0 Å². The van der Waals surface area contributed by atoms with E-state index in [1.165, 1.54) is 12.1 Å². The van der Waals surface area contributed by atoms with Crippen molar-refractivity contribution in [3.63, 3.8) is 0 Å². The van der Waals surface area contributed by atoms with Crippen molar-refractivity contribution in [2.45, 2.75) is 47.1 Å². The average molecular weight is 313 g/mol. The van der Waals surface area contributed by atoms with Crippen LogP contribution < -0.4 is 0 Å². The first-order valence-electron chi connectivity index (χ1n) is 6.82. The molecule has 1 atom stereocenters. The fraction of sp³-hybridized carbons (Fsp3) is 0.500. The van der Waals surface area contributed by atoms with Crippen LogP contribution in [0.4, 0.5) is 0 Å². The van der Waals surface area contributed by atoms with Gasteiger partial charge in [-0.15, -0.1) is 0 Å². The van der Waals surface area contributed by atoms with Crippen LogP contribution >= 0.6 is 11.6 Å². The van der Waals surface area contributed by atoms with Crippen molar-refractivity contribution in [1.82, 2.24) is 0 Å². The highest BCUT2D eigenvalue weighted by Crippen LogP contribution is 2.27. The molecular formula is C16H21ClO4. The SMILES string of the molecule is CCC(OC(=O)c1cc(C)c(Cl)cc1C(=O)O)C(C)(C)C. The Morgan fingerprint density at radius 3 is 2.29 bits per heavy atom. The third kappa shape index (κ3) is 4.21. The minimum Gasteiger partial charge on any atom is -0.478 e. The van der Waals surface area contributed by atoms with Crippen molar-refractivity contribution >= 4 is 23.5 Å². The number of hydrogen-bond acceptors (Lipinski definition) is 3. The molecule has 0 aliphatic heterocycles. The quantitative estimate of drug-likeness (QED) is 0.841. The first-order chi connectivity index (χ1) is 9.57. The van der Waals surface area contributed by atoms with Gasteiger partial charge in [0.05, 0.1) is 11.1 Å². The molecule has 0 saturated heterocycles. The second kappa shape index (κ2) is 6.48. The normalized spacial score (nSPS) is 12.9. The summed E-state index contributed by atoms with van der Waals surface area (Å²) < 4.78 is 5.49. The number of benzene rings is 1. The summed E-state index contributed by atoms with van der Waals surface area (Å²) in [4.78, 5) is 23.6. The number of carboxylic acids is 1. The number of halogens is 1. The Bertz CT molecular complexity index is 558. The molecule has 0 saturated carbocycles. The number of aryl methyl sites for hydroxylation is 1. The van der Waals surface area contributed by atoms with E-state index in [9.17, 15) is 14.7 Å². The molecule has 0 heterocycles. The summed E-state index contributed by atoms with van der Waals surface area (Å²) in [7, 11) is 0. The van der Waals surface area contributed by atoms with E-state index >= 15 is 0 Å². The molecule has 0 bridgehead atoms. The van der Waals surface area contributed by atoms with Gasteiger partial charge in [0.25, 0.3) is 0 Å². The van der Waals surface area contributed by atoms with Crippen LogP contribution in [0.1, 0.15) is 60.4 Å². The number of carbonyl (C=O) groups is 2. The fourth-order valence-corrected chi connectivity index (χ4v) is 2.26. The molecule has 1 unspecified atom stereocenters. The monoisotopic (exact) mass is 312 g/mol. The summed E-state index contributed by atoms with van der Waals surface area (Å²) in [6, 6.07) is 2.75. The van der Waals surface area contributed by atoms with Gasteiger partial charge in [-0.3, -0.25) is 0 Å². The van der Waals surface area contributed by atoms with Crippen LogP contribution in [0.5, 0.6) is 0 Å². The predicted molar refractivity (Wildman–Crippen MR) is 82.1 cm³/mol. The lowest BCUT2D eigenvalue weighted by Crippen LogP contribution is -2.31. The first kappa shape index (κ1) is 17.5. The van der Waals surface area contributed by atoms with E-state index in [0.29, 0.717) is 17.0 Å². The number of esters is 1. The summed E-state index contributed by atoms with van der Waals surface area (Å²) in [5.41, 5.74) is 0.318. The van der Waals surface area contributed by atoms with E-state index < -0.39 is 11.9 Å². The number of carboxylic acid groups (broad SMARTS) is 1. The molecule has 1 rings (SSSR count). The Kier molecular flexibility index (Phi) is 5.40. The van der Waals surface area contributed by atoms with Crippen LogP contribution in [-0.2, 0) is 4.74 Å². The third-order valence-corrected chi connectivity index (χ3v) is 3.74. The zero-order chi connectivity index (χ0) is 16.4. The molecule has 0 aliphatic rings. The molecule has 0 aliphatic carbocycles. The van der Waals surface area contributed by atoms with Crippen LogP contribution in [0, 0.1) is 12.3 Å². The Morgan fingerprint density at radius 2 is 1.86 bits per heavy atom. The van der Waals surface area contributed by atoms with Crippen LogP contribution in [-0.4, -0.2) is 23.1 Å². The van der Waals surface area contributed by atoms with Gasteiger partial charge in [-0.05, 0) is 36.5 Å². The molecule has 0 fully saturated rings. The molecule has 1 aromatic rings. The van der Waals surface area contributed by atoms with Crippen molar-refractivity contribution in [2.75, 3.05) is 0 Å². The van der Waals surface area contributed by atoms with Crippen molar-refractivity contribution in [1.29, 1.82) is 0 Å². The van der Waals surface area contributed by atoms with Gasteiger partial charge in [0.1, 0.15) is 6.10 Å². The first-order valence-corrected chi connectivity index (χ1v) is 7.20. The second-order valence-electron chi connectivity index (χ2n) is 6.12. The zero-order valence-electron chi connectivity index (χ0n) is 13.0. The summed E-state index contributed by atoms with van der Waals surface area (Å²) in [6.45, 7) is 9.55. The highest BCUT2D eigenvalue weighted by atomic mass is 35.5. The van der Waals surface area contributed by atoms with Gasteiger partial charge in [-0.1, -0.05) is 39.3 Å². The molecule has 0 spiro atoms. The number of ether oxygens (including phenoxy) is 1. The Balaban J connectivity index is 3.18. The van der Waals surface area contributed by atoms with E-state index in [2.05, 4.69) is 0 Å². The summed E-state index contributed by atoms with van der Waals surface area (Å²) >= 11 is 5.92. The van der Waals surface area contributed by atoms with Crippen molar-refractivity contribution < 1.29 is 19.4 Å². The van der Waals surface area contributed by atoms with Crippen LogP contribution in [0.2, 0.25) is 5.02 Å². The lowest BCUT2D eigenvalue weighted by Gasteiger charge is -2.29. The van der Waals surface area contributed by atoms with Crippen molar-refractivity contribution in [3.05, 3.63) is 33.8 Å². The summed E-state index contributed by atoms with van der Waals surface area (Å²) in [6.07, 6.45) is 0.368. The predicted octanol–water partition coefficient (Wildman–Crippen LogP) is 4.33. The largest absolute Gasteiger partial charge is 0.478 e. The maximum atomic E-state index is 12.3. The van der Waals surface area contributed by atoms with E-state index in [0.717, 1.165) is 0 Å². The highest BCUT2D eigenvalue weighted by molar-refractivity contribution is 6.32. The van der Waals surface area contributed by atoms with Gasteiger partial charge >= 0.3 is 11.9 Å². The molecule has 116 valence electrons.